The Morgan fingerprint density at radius 1 is 0.368 bits per heavy atom. The normalized spacial score (nSPS) is 34.3. The number of unbranched alkanes of at least 4 members (excludes halogenated alkanes) is 33. The summed E-state index contributed by atoms with van der Waals surface area (Å²) in [6.07, 6.45) is -0.215. The summed E-state index contributed by atoms with van der Waals surface area (Å²) in [4.78, 5) is 25.6. The van der Waals surface area contributed by atoms with Crippen molar-refractivity contribution >= 4 is 11.8 Å². The van der Waals surface area contributed by atoms with Crippen LogP contribution in [-0.4, -0.2) is 299 Å². The predicted octanol–water partition coefficient (Wildman–Crippen LogP) is 2.73. The third kappa shape index (κ3) is 31.5. The molecular weight excluding hydrogens is 1390 g/mol. The standard InChI is InChI=1S/C76H140N2O28/c1-4-6-8-10-12-14-16-18-19-20-21-22-23-24-25-26-27-29-31-33-35-37-39-41-56(86)78-49(50(85)40-38-36-34-32-30-28-17-15-13-11-9-7-5-2)47-97-73-64(93)62(91)68(54(45-82)101-73)103-74-65(94)63(92)69(55(46-83)102-74)104-75-67(96)71(60(89)53(44-81)99-75)106-76-66(95)70(59(88)52(43-80)100-76)105-72-57(77-48(3)84)61(90)58(87)51(42-79)98-72/h38,40,49-55,57-76,79-83,85,87-96H,4-37,39,41-47H2,1-3H3,(H,77,84)(H,78,86)/b40-38+/t49-,50+,51?,52?,53?,54?,55?,57?,58-,59-,60-,61+,62+,63+,64?,65?,66?,67?,68+,69-,70-,71-,72-,73+,74-,75-,76+/m0/s1. The zero-order valence-corrected chi connectivity index (χ0v) is 63.5. The fraction of sp³-hybridized carbons (Fsp3) is 0.947. The SMILES string of the molecule is CCCCCCCCCCCCC/C=C/[C@@H](O)[C@H](CO[C@@H]1OC(CO)[C@@H](O[C@@H]2OC(CO)[C@H](O[C@@H]3OC(CO)[C@H](O)[C@H](O[C@H]4OC(CO)[C@H](O)[C@H](O[C@@H]5OC(CO)[C@H](O)[C@H](O)C5NC(C)=O)C4O)C3O)[C@H](O)C2O)[C@H](O)C1O)NC(=O)CCCCCCCCCCCCCCCCCCCCCCCCC. The summed E-state index contributed by atoms with van der Waals surface area (Å²) in [6, 6.07) is -2.60. The van der Waals surface area contributed by atoms with Gasteiger partial charge in [0.1, 0.15) is 122 Å². The van der Waals surface area contributed by atoms with Gasteiger partial charge in [0, 0.05) is 13.3 Å². The van der Waals surface area contributed by atoms with E-state index in [0.29, 0.717) is 12.8 Å². The van der Waals surface area contributed by atoms with Crippen LogP contribution in [0, 0.1) is 0 Å². The van der Waals surface area contributed by atoms with E-state index in [1.54, 1.807) is 6.08 Å². The van der Waals surface area contributed by atoms with Gasteiger partial charge in [-0.15, -0.1) is 0 Å². The smallest absolute Gasteiger partial charge is 0.220 e. The number of carbonyl (C=O) groups excluding carboxylic acids is 2. The second-order valence-corrected chi connectivity index (χ2v) is 29.9. The number of ether oxygens (including phenoxy) is 10. The lowest BCUT2D eigenvalue weighted by atomic mass is 9.95. The van der Waals surface area contributed by atoms with Crippen LogP contribution in [0.2, 0.25) is 0 Å². The molecule has 622 valence electrons. The molecule has 30 heteroatoms. The van der Waals surface area contributed by atoms with E-state index in [0.717, 1.165) is 51.9 Å². The molecule has 5 saturated heterocycles. The van der Waals surface area contributed by atoms with Crippen LogP contribution in [0.15, 0.2) is 12.2 Å². The molecule has 5 aliphatic rings. The maximum absolute atomic E-state index is 13.5. The first-order valence-corrected chi connectivity index (χ1v) is 40.5. The summed E-state index contributed by atoms with van der Waals surface area (Å²) >= 11 is 0. The van der Waals surface area contributed by atoms with Gasteiger partial charge in [-0.1, -0.05) is 231 Å². The lowest BCUT2D eigenvalue weighted by molar-refractivity contribution is -0.393. The second kappa shape index (κ2) is 53.6. The van der Waals surface area contributed by atoms with Crippen molar-refractivity contribution in [2.24, 2.45) is 0 Å². The second-order valence-electron chi connectivity index (χ2n) is 29.9. The fourth-order valence-corrected chi connectivity index (χ4v) is 14.6. The molecule has 0 aromatic carbocycles. The summed E-state index contributed by atoms with van der Waals surface area (Å²) in [5.41, 5.74) is 0. The zero-order chi connectivity index (χ0) is 77.3. The quantitative estimate of drug-likeness (QED) is 0.0307. The van der Waals surface area contributed by atoms with E-state index in [9.17, 15) is 91.3 Å². The van der Waals surface area contributed by atoms with Crippen LogP contribution in [-0.2, 0) is 57.0 Å². The van der Waals surface area contributed by atoms with E-state index < -0.39 is 211 Å². The minimum Gasteiger partial charge on any atom is -0.394 e. The van der Waals surface area contributed by atoms with Crippen molar-refractivity contribution in [2.75, 3.05) is 39.6 Å². The highest BCUT2D eigenvalue weighted by Gasteiger charge is 2.57. The summed E-state index contributed by atoms with van der Waals surface area (Å²) in [5.74, 6) is -1.05. The number of hydrogen-bond acceptors (Lipinski definition) is 28. The lowest BCUT2D eigenvalue weighted by Gasteiger charge is -2.50. The number of nitrogens with one attached hydrogen (secondary N) is 2. The summed E-state index contributed by atoms with van der Waals surface area (Å²) in [5, 5.41) is 182. The predicted molar refractivity (Wildman–Crippen MR) is 386 cm³/mol. The van der Waals surface area contributed by atoms with Gasteiger partial charge in [-0.05, 0) is 19.3 Å². The molecule has 0 bridgehead atoms. The van der Waals surface area contributed by atoms with Crippen molar-refractivity contribution < 1.29 is 139 Å². The van der Waals surface area contributed by atoms with E-state index in [1.807, 2.05) is 6.08 Å². The maximum atomic E-state index is 13.5. The molecule has 5 rings (SSSR count). The Hall–Kier alpha value is -2.36. The van der Waals surface area contributed by atoms with Crippen LogP contribution in [0.5, 0.6) is 0 Å². The highest BCUT2D eigenvalue weighted by molar-refractivity contribution is 5.76. The van der Waals surface area contributed by atoms with Gasteiger partial charge in [-0.25, -0.2) is 0 Å². The molecule has 106 heavy (non-hydrogen) atoms. The third-order valence-electron chi connectivity index (χ3n) is 21.2. The minimum atomic E-state index is -2.19. The van der Waals surface area contributed by atoms with E-state index in [-0.39, 0.29) is 12.3 Å². The fourth-order valence-electron chi connectivity index (χ4n) is 14.6. The molecule has 2 amide bonds. The van der Waals surface area contributed by atoms with E-state index in [2.05, 4.69) is 24.5 Å². The molecule has 0 saturated carbocycles. The highest BCUT2D eigenvalue weighted by atomic mass is 16.8. The first kappa shape index (κ1) is 94.2. The van der Waals surface area contributed by atoms with Gasteiger partial charge in [-0.2, -0.15) is 0 Å². The van der Waals surface area contributed by atoms with Crippen LogP contribution in [0.25, 0.3) is 0 Å². The number of aliphatic hydroxyl groups is 16. The molecule has 5 fully saturated rings. The molecule has 0 aromatic rings. The average molecular weight is 1530 g/mol. The topological polar surface area (TPSA) is 474 Å². The molecule has 5 aliphatic heterocycles. The molecule has 27 atom stereocenters. The van der Waals surface area contributed by atoms with Crippen LogP contribution >= 0.6 is 0 Å². The van der Waals surface area contributed by atoms with Gasteiger partial charge in [0.15, 0.2) is 31.5 Å². The molecule has 10 unspecified atom stereocenters. The Kier molecular flexibility index (Phi) is 47.7. The number of amides is 2. The van der Waals surface area contributed by atoms with Crippen molar-refractivity contribution in [1.29, 1.82) is 0 Å². The Morgan fingerprint density at radius 3 is 1.08 bits per heavy atom. The molecule has 30 nitrogen and oxygen atoms in total. The average Bonchev–Trinajstić information content (AvgIpc) is 0.775. The number of aliphatic hydroxyl groups excluding tert-OH is 16. The largest absolute Gasteiger partial charge is 0.394 e. The van der Waals surface area contributed by atoms with E-state index in [4.69, 9.17) is 47.4 Å². The first-order chi connectivity index (χ1) is 51.2. The van der Waals surface area contributed by atoms with Crippen LogP contribution in [0.3, 0.4) is 0 Å². The Morgan fingerprint density at radius 2 is 0.689 bits per heavy atom. The monoisotopic (exact) mass is 1530 g/mol. The van der Waals surface area contributed by atoms with E-state index in [1.165, 1.54) is 167 Å². The number of carbonyl (C=O) groups is 2. The third-order valence-corrected chi connectivity index (χ3v) is 21.2. The van der Waals surface area contributed by atoms with Crippen LogP contribution < -0.4 is 10.6 Å². The lowest BCUT2D eigenvalue weighted by Crippen LogP contribution is -2.69. The molecular formula is C76H140N2O28. The van der Waals surface area contributed by atoms with Gasteiger partial charge >= 0.3 is 0 Å². The van der Waals surface area contributed by atoms with Gasteiger partial charge < -0.3 is 140 Å². The zero-order valence-electron chi connectivity index (χ0n) is 63.5. The summed E-state index contributed by atoms with van der Waals surface area (Å²) in [7, 11) is 0. The van der Waals surface area contributed by atoms with Gasteiger partial charge in [0.2, 0.25) is 11.8 Å². The Balaban J connectivity index is 1.12. The highest BCUT2D eigenvalue weighted by Crippen LogP contribution is 2.37. The van der Waals surface area contributed by atoms with Crippen molar-refractivity contribution in [3.05, 3.63) is 12.2 Å². The summed E-state index contributed by atoms with van der Waals surface area (Å²) in [6.45, 7) is 0.414. The summed E-state index contributed by atoms with van der Waals surface area (Å²) < 4.78 is 58.1. The van der Waals surface area contributed by atoms with Crippen LogP contribution in [0.1, 0.15) is 252 Å². The molecule has 5 heterocycles. The Bertz CT molecular complexity index is 2290. The van der Waals surface area contributed by atoms with Crippen molar-refractivity contribution in [3.63, 3.8) is 0 Å². The molecule has 18 N–H and O–H groups in total. The van der Waals surface area contributed by atoms with Gasteiger partial charge in [0.25, 0.3) is 0 Å². The van der Waals surface area contributed by atoms with Crippen molar-refractivity contribution in [2.45, 2.75) is 418 Å². The van der Waals surface area contributed by atoms with E-state index >= 15 is 0 Å². The van der Waals surface area contributed by atoms with Crippen LogP contribution in [0.4, 0.5) is 0 Å². The molecule has 0 aliphatic carbocycles. The minimum absolute atomic E-state index is 0.200. The van der Waals surface area contributed by atoms with Crippen molar-refractivity contribution in [1.82, 2.24) is 10.6 Å². The molecule has 0 aromatic heterocycles. The Labute approximate surface area is 628 Å². The number of allylic oxidation sites excluding steroid dienone is 1. The molecule has 0 spiro atoms. The van der Waals surface area contributed by atoms with Gasteiger partial charge in [0.05, 0.1) is 51.8 Å². The maximum Gasteiger partial charge on any atom is 0.220 e. The molecule has 0 radical (unpaired) electrons. The number of hydrogen-bond donors (Lipinski definition) is 18. The first-order valence-electron chi connectivity index (χ1n) is 40.5. The van der Waals surface area contributed by atoms with Crippen molar-refractivity contribution in [3.8, 4) is 0 Å². The van der Waals surface area contributed by atoms with Gasteiger partial charge in [-0.3, -0.25) is 9.59 Å². The number of rotatable bonds is 56.